The smallest absolute Gasteiger partial charge is 0.328 e. The molecule has 0 bridgehead atoms. The summed E-state index contributed by atoms with van der Waals surface area (Å²) in [4.78, 5) is 45.6. The standard InChI is InChI=1S/C21H27N5O7S/c1-24-12-18(22-13-24)34(30,31)23-14-7-9-26(20(28)17-6-4-10-33-17)16(11-14)19(27)25-8-3-5-15(25)21(29)32-2/h4,6,10,12-16,23H,3,5,7-9,11H2,1-2H3/t14-,15-,16+/m1/s1. The number of carbonyl (C=O) groups excluding carboxylic acids is 3. The molecule has 0 unspecified atom stereocenters. The summed E-state index contributed by atoms with van der Waals surface area (Å²) in [5, 5.41) is -0.128. The predicted molar refractivity (Wildman–Crippen MR) is 117 cm³/mol. The monoisotopic (exact) mass is 493 g/mol. The lowest BCUT2D eigenvalue weighted by Crippen LogP contribution is -2.59. The topological polar surface area (TPSA) is 144 Å². The lowest BCUT2D eigenvalue weighted by Gasteiger charge is -2.40. The van der Waals surface area contributed by atoms with Crippen molar-refractivity contribution in [1.29, 1.82) is 0 Å². The Morgan fingerprint density at radius 2 is 1.97 bits per heavy atom. The van der Waals surface area contributed by atoms with Gasteiger partial charge in [-0.25, -0.2) is 22.9 Å². The van der Waals surface area contributed by atoms with E-state index in [0.29, 0.717) is 25.8 Å². The zero-order valence-electron chi connectivity index (χ0n) is 18.9. The molecule has 0 saturated carbocycles. The number of sulfonamides is 1. The molecule has 2 aromatic rings. The number of nitrogens with zero attached hydrogens (tertiary/aromatic N) is 4. The number of furan rings is 1. The lowest BCUT2D eigenvalue weighted by atomic mass is 9.96. The number of amides is 2. The van der Waals surface area contributed by atoms with Gasteiger partial charge in [0.05, 0.1) is 19.7 Å². The molecule has 12 nitrogen and oxygen atoms in total. The summed E-state index contributed by atoms with van der Waals surface area (Å²) in [5.41, 5.74) is 0. The Labute approximate surface area is 196 Å². The van der Waals surface area contributed by atoms with Gasteiger partial charge < -0.3 is 23.5 Å². The van der Waals surface area contributed by atoms with Crippen molar-refractivity contribution in [2.24, 2.45) is 7.05 Å². The first-order valence-electron chi connectivity index (χ1n) is 10.9. The molecular formula is C21H27N5O7S. The average Bonchev–Trinajstić information content (AvgIpc) is 3.59. The summed E-state index contributed by atoms with van der Waals surface area (Å²) in [5.74, 6) is -1.33. The SMILES string of the molecule is COC(=O)[C@H]1CCCN1C(=O)[C@@H]1C[C@H](NS(=O)(=O)c2cn(C)cn2)CCN1C(=O)c1ccco1. The second kappa shape index (κ2) is 9.58. The minimum absolute atomic E-state index is 0.0434. The van der Waals surface area contributed by atoms with Crippen LogP contribution in [0.2, 0.25) is 0 Å². The Hall–Kier alpha value is -3.19. The summed E-state index contributed by atoms with van der Waals surface area (Å²) in [6.07, 6.45) is 5.56. The van der Waals surface area contributed by atoms with Gasteiger partial charge in [-0.1, -0.05) is 0 Å². The van der Waals surface area contributed by atoms with Crippen molar-refractivity contribution in [3.05, 3.63) is 36.7 Å². The van der Waals surface area contributed by atoms with E-state index in [2.05, 4.69) is 9.71 Å². The number of carbonyl (C=O) groups is 3. The average molecular weight is 494 g/mol. The van der Waals surface area contributed by atoms with Crippen molar-refractivity contribution in [3.63, 3.8) is 0 Å². The fraction of sp³-hybridized carbons (Fsp3) is 0.524. The van der Waals surface area contributed by atoms with Crippen LogP contribution in [0.15, 0.2) is 40.4 Å². The summed E-state index contributed by atoms with van der Waals surface area (Å²) >= 11 is 0. The number of likely N-dealkylation sites (tertiary alicyclic amines) is 2. The van der Waals surface area contributed by atoms with E-state index in [4.69, 9.17) is 9.15 Å². The second-order valence-electron chi connectivity index (χ2n) is 8.42. The van der Waals surface area contributed by atoms with Crippen molar-refractivity contribution in [3.8, 4) is 0 Å². The van der Waals surface area contributed by atoms with Gasteiger partial charge in [-0.3, -0.25) is 9.59 Å². The lowest BCUT2D eigenvalue weighted by molar-refractivity contribution is -0.153. The largest absolute Gasteiger partial charge is 0.467 e. The molecule has 3 atom stereocenters. The molecule has 2 amide bonds. The predicted octanol–water partition coefficient (Wildman–Crippen LogP) is 0.129. The van der Waals surface area contributed by atoms with Gasteiger partial charge in [0.15, 0.2) is 10.8 Å². The highest BCUT2D eigenvalue weighted by Gasteiger charge is 2.44. The molecule has 2 aliphatic heterocycles. The Morgan fingerprint density at radius 1 is 1.18 bits per heavy atom. The van der Waals surface area contributed by atoms with Crippen LogP contribution in [0, 0.1) is 0 Å². The maximum Gasteiger partial charge on any atom is 0.328 e. The van der Waals surface area contributed by atoms with Gasteiger partial charge in [0.25, 0.3) is 15.9 Å². The van der Waals surface area contributed by atoms with Crippen molar-refractivity contribution in [2.75, 3.05) is 20.2 Å². The zero-order valence-corrected chi connectivity index (χ0v) is 19.7. The van der Waals surface area contributed by atoms with Gasteiger partial charge in [0.2, 0.25) is 5.91 Å². The van der Waals surface area contributed by atoms with E-state index >= 15 is 0 Å². The summed E-state index contributed by atoms with van der Waals surface area (Å²) in [6, 6.07) is 0.760. The third-order valence-electron chi connectivity index (χ3n) is 6.17. The molecule has 0 radical (unpaired) electrons. The molecule has 0 spiro atoms. The number of hydrogen-bond donors (Lipinski definition) is 1. The van der Waals surface area contributed by atoms with Gasteiger partial charge in [-0.2, -0.15) is 0 Å². The van der Waals surface area contributed by atoms with Crippen LogP contribution in [-0.4, -0.2) is 83.9 Å². The number of piperidine rings is 1. The van der Waals surface area contributed by atoms with E-state index in [1.807, 2.05) is 0 Å². The van der Waals surface area contributed by atoms with Crippen LogP contribution in [0.1, 0.15) is 36.2 Å². The minimum Gasteiger partial charge on any atom is -0.467 e. The highest BCUT2D eigenvalue weighted by atomic mass is 32.2. The van der Waals surface area contributed by atoms with Crippen molar-refractivity contribution < 1.29 is 32.0 Å². The van der Waals surface area contributed by atoms with E-state index < -0.39 is 45.9 Å². The molecular weight excluding hydrogens is 466 g/mol. The fourth-order valence-corrected chi connectivity index (χ4v) is 5.77. The van der Waals surface area contributed by atoms with E-state index in [0.717, 1.165) is 0 Å². The third kappa shape index (κ3) is 4.71. The maximum atomic E-state index is 13.6. The maximum absolute atomic E-state index is 13.6. The number of ether oxygens (including phenoxy) is 1. The number of aromatic nitrogens is 2. The highest BCUT2D eigenvalue weighted by molar-refractivity contribution is 7.89. The molecule has 1 N–H and O–H groups in total. The first-order chi connectivity index (χ1) is 16.2. The van der Waals surface area contributed by atoms with E-state index in [9.17, 15) is 22.8 Å². The summed E-state index contributed by atoms with van der Waals surface area (Å²) in [6.45, 7) is 0.476. The van der Waals surface area contributed by atoms with E-state index in [1.165, 1.54) is 46.3 Å². The van der Waals surface area contributed by atoms with E-state index in [-0.39, 0.29) is 23.8 Å². The molecule has 2 aliphatic rings. The fourth-order valence-electron chi connectivity index (χ4n) is 4.50. The van der Waals surface area contributed by atoms with Crippen LogP contribution in [0.5, 0.6) is 0 Å². The van der Waals surface area contributed by atoms with Crippen LogP contribution in [0.3, 0.4) is 0 Å². The first kappa shape index (κ1) is 24.0. The number of nitrogens with one attached hydrogen (secondary N) is 1. The molecule has 4 heterocycles. The summed E-state index contributed by atoms with van der Waals surface area (Å²) in [7, 11) is -0.996. The molecule has 0 aliphatic carbocycles. The quantitative estimate of drug-likeness (QED) is 0.559. The minimum atomic E-state index is -3.92. The molecule has 0 aromatic carbocycles. The molecule has 2 fully saturated rings. The molecule has 34 heavy (non-hydrogen) atoms. The number of rotatable bonds is 6. The zero-order chi connectivity index (χ0) is 24.5. The second-order valence-corrected chi connectivity index (χ2v) is 10.1. The van der Waals surface area contributed by atoms with Crippen LogP contribution < -0.4 is 4.72 Å². The van der Waals surface area contributed by atoms with Gasteiger partial charge in [-0.05, 0) is 37.8 Å². The van der Waals surface area contributed by atoms with Crippen LogP contribution >= 0.6 is 0 Å². The highest BCUT2D eigenvalue weighted by Crippen LogP contribution is 2.27. The van der Waals surface area contributed by atoms with Crippen LogP contribution in [0.25, 0.3) is 0 Å². The molecule has 13 heteroatoms. The van der Waals surface area contributed by atoms with Gasteiger partial charge in [0, 0.05) is 32.4 Å². The number of aryl methyl sites for hydroxylation is 1. The van der Waals surface area contributed by atoms with Crippen molar-refractivity contribution >= 4 is 27.8 Å². The van der Waals surface area contributed by atoms with Crippen molar-refractivity contribution in [1.82, 2.24) is 24.1 Å². The van der Waals surface area contributed by atoms with E-state index in [1.54, 1.807) is 13.1 Å². The first-order valence-corrected chi connectivity index (χ1v) is 12.4. The van der Waals surface area contributed by atoms with Crippen LogP contribution in [0.4, 0.5) is 0 Å². The van der Waals surface area contributed by atoms with Crippen LogP contribution in [-0.2, 0) is 31.4 Å². The van der Waals surface area contributed by atoms with Crippen molar-refractivity contribution in [2.45, 2.75) is 48.8 Å². The summed E-state index contributed by atoms with van der Waals surface area (Å²) < 4.78 is 39.8. The number of esters is 1. The molecule has 4 rings (SSSR count). The number of imidazole rings is 1. The molecule has 2 aromatic heterocycles. The number of methoxy groups -OCH3 is 1. The normalized spacial score (nSPS) is 23.2. The number of hydrogen-bond acceptors (Lipinski definition) is 8. The van der Waals surface area contributed by atoms with Gasteiger partial charge in [-0.15, -0.1) is 0 Å². The Kier molecular flexibility index (Phi) is 6.75. The Bertz CT molecular complexity index is 1160. The Balaban J connectivity index is 1.58. The molecule has 184 valence electrons. The Morgan fingerprint density at radius 3 is 2.62 bits per heavy atom. The van der Waals surface area contributed by atoms with Gasteiger partial charge >= 0.3 is 5.97 Å². The van der Waals surface area contributed by atoms with Gasteiger partial charge in [0.1, 0.15) is 12.1 Å². The third-order valence-corrected chi connectivity index (χ3v) is 7.57. The molecule has 2 saturated heterocycles.